The van der Waals surface area contributed by atoms with Crippen LogP contribution in [0.25, 0.3) is 0 Å². The number of piperazine rings is 1. The number of benzene rings is 1. The van der Waals surface area contributed by atoms with Crippen LogP contribution >= 0.6 is 35.2 Å². The minimum absolute atomic E-state index is 0.824. The van der Waals surface area contributed by atoms with E-state index in [2.05, 4.69) is 22.5 Å². The Morgan fingerprint density at radius 2 is 2.04 bits per heavy atom. The lowest BCUT2D eigenvalue weighted by molar-refractivity contribution is -1.03. The van der Waals surface area contributed by atoms with Crippen molar-refractivity contribution in [3.05, 3.63) is 38.8 Å². The summed E-state index contributed by atoms with van der Waals surface area (Å²) < 4.78 is 2.79. The molecule has 1 aromatic heterocycles. The maximum atomic E-state index is 6.07. The molecule has 0 saturated carbocycles. The van der Waals surface area contributed by atoms with Crippen molar-refractivity contribution in [1.82, 2.24) is 9.78 Å². The molecule has 0 radical (unpaired) electrons. The van der Waals surface area contributed by atoms with E-state index in [1.807, 2.05) is 23.9 Å². The molecule has 0 amide bonds. The molecule has 1 saturated heterocycles. The fourth-order valence-electron chi connectivity index (χ4n) is 2.95. The second-order valence-corrected chi connectivity index (χ2v) is 7.95. The van der Waals surface area contributed by atoms with Crippen LogP contribution in [0.15, 0.2) is 24.3 Å². The van der Waals surface area contributed by atoms with Crippen molar-refractivity contribution in [1.29, 1.82) is 0 Å². The van der Waals surface area contributed by atoms with Crippen LogP contribution in [0.5, 0.6) is 0 Å². The van der Waals surface area contributed by atoms with Crippen molar-refractivity contribution in [2.75, 3.05) is 38.5 Å². The van der Waals surface area contributed by atoms with Gasteiger partial charge in [0.25, 0.3) is 0 Å². The Hall–Kier alpha value is -0.990. The van der Waals surface area contributed by atoms with Gasteiger partial charge in [-0.05, 0) is 24.4 Å². The molecule has 5 nitrogen and oxygen atoms in total. The molecule has 0 aliphatic carbocycles. The third-order valence-corrected chi connectivity index (χ3v) is 5.76. The van der Waals surface area contributed by atoms with E-state index in [-0.39, 0.29) is 0 Å². The number of hydrogen-bond donors (Lipinski definition) is 3. The van der Waals surface area contributed by atoms with Crippen LogP contribution in [0.2, 0.25) is 5.02 Å². The van der Waals surface area contributed by atoms with Gasteiger partial charge in [0.2, 0.25) is 5.13 Å². The Bertz CT molecular complexity index is 706. The van der Waals surface area contributed by atoms with E-state index in [9.17, 15) is 0 Å². The zero-order valence-electron chi connectivity index (χ0n) is 13.1. The van der Waals surface area contributed by atoms with E-state index in [1.54, 1.807) is 9.80 Å². The summed E-state index contributed by atoms with van der Waals surface area (Å²) >= 11 is 13.0. The summed E-state index contributed by atoms with van der Waals surface area (Å²) in [6, 6.07) is 8.19. The van der Waals surface area contributed by atoms with Crippen LogP contribution in [0.4, 0.5) is 5.13 Å². The van der Waals surface area contributed by atoms with Gasteiger partial charge in [0, 0.05) is 17.6 Å². The third kappa shape index (κ3) is 4.51. The molecule has 0 unspecified atom stereocenters. The number of rotatable bonds is 5. The maximum Gasteiger partial charge on any atom is 0.204 e. The van der Waals surface area contributed by atoms with Gasteiger partial charge in [-0.3, -0.25) is 0 Å². The zero-order chi connectivity index (χ0) is 16.2. The molecule has 2 heterocycles. The van der Waals surface area contributed by atoms with Gasteiger partial charge in [-0.2, -0.15) is 4.68 Å². The highest BCUT2D eigenvalue weighted by Gasteiger charge is 2.23. The van der Waals surface area contributed by atoms with Crippen LogP contribution < -0.4 is 15.1 Å². The molecular formula is C15H22ClN5S2+2. The number of nitrogens with one attached hydrogen (secondary N) is 3. The fraction of sp³-hybridized carbons (Fsp3) is 0.467. The first-order valence-corrected chi connectivity index (χ1v) is 9.41. The molecule has 8 heteroatoms. The van der Waals surface area contributed by atoms with Gasteiger partial charge in [-0.1, -0.05) is 35.1 Å². The normalized spacial score (nSPS) is 21.3. The van der Waals surface area contributed by atoms with E-state index in [0.717, 1.165) is 53.5 Å². The van der Waals surface area contributed by atoms with E-state index < -0.39 is 0 Å². The molecule has 2 aromatic rings. The maximum absolute atomic E-state index is 6.07. The van der Waals surface area contributed by atoms with Crippen molar-refractivity contribution >= 4 is 40.3 Å². The quantitative estimate of drug-likeness (QED) is 0.662. The van der Waals surface area contributed by atoms with Gasteiger partial charge in [-0.15, -0.1) is 5.10 Å². The number of anilines is 1. The highest BCUT2D eigenvalue weighted by Crippen LogP contribution is 2.12. The molecule has 0 bridgehead atoms. The average Bonchev–Trinajstić information content (AvgIpc) is 2.89. The van der Waals surface area contributed by atoms with Gasteiger partial charge in [0.1, 0.15) is 32.7 Å². The Morgan fingerprint density at radius 1 is 1.30 bits per heavy atom. The topological polar surface area (TPSA) is 38.7 Å². The molecule has 0 atom stereocenters. The van der Waals surface area contributed by atoms with Gasteiger partial charge >= 0.3 is 0 Å². The largest absolute Gasteiger partial charge is 0.363 e. The summed E-state index contributed by atoms with van der Waals surface area (Å²) in [5.41, 5.74) is 1.32. The highest BCUT2D eigenvalue weighted by atomic mass is 35.5. The molecular weight excluding hydrogens is 350 g/mol. The molecule has 3 rings (SSSR count). The molecule has 1 aromatic carbocycles. The van der Waals surface area contributed by atoms with Crippen LogP contribution in [0.1, 0.15) is 5.56 Å². The van der Waals surface area contributed by atoms with Gasteiger partial charge in [0.15, 0.2) is 10.6 Å². The number of nitrogens with zero attached hydrogens (tertiary/aromatic N) is 2. The van der Waals surface area contributed by atoms with Crippen molar-refractivity contribution in [2.45, 2.75) is 13.2 Å². The number of halogens is 1. The minimum atomic E-state index is 0.824. The third-order valence-electron chi connectivity index (χ3n) is 4.20. The van der Waals surface area contributed by atoms with E-state index in [1.165, 1.54) is 16.9 Å². The van der Waals surface area contributed by atoms with Crippen molar-refractivity contribution < 1.29 is 9.80 Å². The summed E-state index contributed by atoms with van der Waals surface area (Å²) in [5.74, 6) is 0. The second kappa shape index (κ2) is 7.72. The monoisotopic (exact) mass is 371 g/mol. The van der Waals surface area contributed by atoms with Crippen molar-refractivity contribution in [3.63, 3.8) is 0 Å². The molecule has 1 fully saturated rings. The number of quaternary nitrogens is 2. The zero-order valence-corrected chi connectivity index (χ0v) is 15.5. The number of hydrogen-bond acceptors (Lipinski definition) is 4. The molecule has 1 aliphatic rings. The summed E-state index contributed by atoms with van der Waals surface area (Å²) in [5, 5.41) is 9.27. The van der Waals surface area contributed by atoms with Gasteiger partial charge in [-0.25, -0.2) is 0 Å². The predicted octanol–water partition coefficient (Wildman–Crippen LogP) is 0.310. The first-order valence-electron chi connectivity index (χ1n) is 7.81. The Balaban J connectivity index is 1.52. The Labute approximate surface area is 150 Å². The molecule has 0 spiro atoms. The summed E-state index contributed by atoms with van der Waals surface area (Å²) in [7, 11) is 1.88. The Kier molecular flexibility index (Phi) is 5.66. The average molecular weight is 372 g/mol. The summed E-state index contributed by atoms with van der Waals surface area (Å²) in [6.45, 7) is 6.53. The lowest BCUT2D eigenvalue weighted by Crippen LogP contribution is -3.27. The van der Waals surface area contributed by atoms with Gasteiger partial charge < -0.3 is 15.1 Å². The van der Waals surface area contributed by atoms with E-state index in [0.29, 0.717) is 0 Å². The Morgan fingerprint density at radius 3 is 2.70 bits per heavy atom. The predicted molar refractivity (Wildman–Crippen MR) is 97.0 cm³/mol. The fourth-order valence-corrected chi connectivity index (χ4v) is 4.12. The molecule has 124 valence electrons. The highest BCUT2D eigenvalue weighted by molar-refractivity contribution is 7.73. The number of aromatic nitrogens is 2. The smallest absolute Gasteiger partial charge is 0.204 e. The lowest BCUT2D eigenvalue weighted by Gasteiger charge is -2.29. The van der Waals surface area contributed by atoms with E-state index in [4.69, 9.17) is 23.8 Å². The SMILES string of the molecule is CNc1nn(C[NH+]2CC[NH+](Cc3cccc(Cl)c3)CC2)c(=S)s1. The van der Waals surface area contributed by atoms with E-state index >= 15 is 0 Å². The summed E-state index contributed by atoms with van der Waals surface area (Å²) in [6.07, 6.45) is 0. The van der Waals surface area contributed by atoms with Crippen LogP contribution in [0, 0.1) is 3.95 Å². The van der Waals surface area contributed by atoms with Crippen molar-refractivity contribution in [2.24, 2.45) is 0 Å². The minimum Gasteiger partial charge on any atom is -0.363 e. The van der Waals surface area contributed by atoms with Crippen LogP contribution in [-0.2, 0) is 13.2 Å². The lowest BCUT2D eigenvalue weighted by atomic mass is 10.2. The summed E-state index contributed by atoms with van der Waals surface area (Å²) in [4.78, 5) is 3.16. The van der Waals surface area contributed by atoms with Gasteiger partial charge in [0.05, 0.1) is 0 Å². The standard InChI is InChI=1S/C15H20ClN5S2/c1-17-14-18-21(15(22)23-14)11-20-7-5-19(6-8-20)10-12-3-2-4-13(16)9-12/h2-4,9H,5-8,10-11H2,1H3,(H,17,18)/p+2. The van der Waals surface area contributed by atoms with Crippen molar-refractivity contribution in [3.8, 4) is 0 Å². The first kappa shape index (κ1) is 16.9. The molecule has 23 heavy (non-hydrogen) atoms. The molecule has 3 N–H and O–H groups in total. The van der Waals surface area contributed by atoms with Crippen LogP contribution in [-0.4, -0.2) is 43.0 Å². The van der Waals surface area contributed by atoms with Crippen LogP contribution in [0.3, 0.4) is 0 Å². The second-order valence-electron chi connectivity index (χ2n) is 5.89. The molecule has 1 aliphatic heterocycles. The first-order chi connectivity index (χ1) is 11.1.